The summed E-state index contributed by atoms with van der Waals surface area (Å²) in [6, 6.07) is 4.08. The van der Waals surface area contributed by atoms with E-state index >= 15 is 0 Å². The molecule has 1 aromatic heterocycles. The second-order valence-corrected chi connectivity index (χ2v) is 10.00. The molecule has 2 heterocycles. The van der Waals surface area contributed by atoms with Gasteiger partial charge < -0.3 is 15.0 Å². The summed E-state index contributed by atoms with van der Waals surface area (Å²) in [5.41, 5.74) is 0.872. The monoisotopic (exact) mass is 389 g/mol. The van der Waals surface area contributed by atoms with Crippen molar-refractivity contribution >= 4 is 23.3 Å². The molecule has 146 valence electrons. The van der Waals surface area contributed by atoms with Crippen LogP contribution >= 0.6 is 11.6 Å². The van der Waals surface area contributed by atoms with Crippen LogP contribution in [0.25, 0.3) is 0 Å². The Hall–Kier alpha value is -1.33. The molecule has 1 aliphatic heterocycles. The summed E-state index contributed by atoms with van der Waals surface area (Å²) in [6.45, 7) is 3.78. The van der Waals surface area contributed by atoms with Crippen LogP contribution in [0.5, 0.6) is 0 Å². The number of hydrogen-bond donors (Lipinski definition) is 1. The van der Waals surface area contributed by atoms with E-state index in [0.717, 1.165) is 69.8 Å². The number of carbonyl (C=O) groups excluding carboxylic acids is 1. The van der Waals surface area contributed by atoms with Crippen molar-refractivity contribution in [2.75, 3.05) is 31.2 Å². The Balaban J connectivity index is 1.26. The lowest BCUT2D eigenvalue weighted by atomic mass is 9.49. The standard InChI is InChI=1S/C21H28ClN3O2/c22-21-11-16-7-17(12-21)10-20(9-16,14-21)19(26)24-13-15-1-2-23-18(8-15)25-3-5-27-6-4-25/h1-2,8,16-17H,3-7,9-14H2,(H,24,26). The van der Waals surface area contributed by atoms with Gasteiger partial charge in [0.05, 0.1) is 18.6 Å². The van der Waals surface area contributed by atoms with Crippen molar-refractivity contribution in [3.8, 4) is 0 Å². The van der Waals surface area contributed by atoms with Gasteiger partial charge >= 0.3 is 0 Å². The van der Waals surface area contributed by atoms with Crippen molar-refractivity contribution in [1.29, 1.82) is 0 Å². The third-order valence-corrected chi connectivity index (χ3v) is 7.51. The summed E-state index contributed by atoms with van der Waals surface area (Å²) in [6.07, 6.45) is 8.23. The molecule has 5 aliphatic rings. The highest BCUT2D eigenvalue weighted by molar-refractivity contribution is 6.24. The number of amides is 1. The van der Waals surface area contributed by atoms with Gasteiger partial charge in [0.2, 0.25) is 5.91 Å². The predicted octanol–water partition coefficient (Wildman–Crippen LogP) is 3.11. The van der Waals surface area contributed by atoms with Gasteiger partial charge in [0, 0.05) is 30.7 Å². The fourth-order valence-corrected chi connectivity index (χ4v) is 7.01. The zero-order valence-electron chi connectivity index (χ0n) is 15.8. The van der Waals surface area contributed by atoms with E-state index in [0.29, 0.717) is 18.4 Å². The van der Waals surface area contributed by atoms with E-state index in [1.54, 1.807) is 0 Å². The average Bonchev–Trinajstić information content (AvgIpc) is 2.65. The van der Waals surface area contributed by atoms with E-state index in [4.69, 9.17) is 16.3 Å². The van der Waals surface area contributed by atoms with Crippen LogP contribution in [-0.4, -0.2) is 42.1 Å². The molecule has 6 heteroatoms. The second-order valence-electron chi connectivity index (χ2n) is 9.20. The number of nitrogens with zero attached hydrogens (tertiary/aromatic N) is 2. The minimum atomic E-state index is -0.230. The number of hydrogen-bond acceptors (Lipinski definition) is 4. The third kappa shape index (κ3) is 3.33. The molecule has 1 aromatic rings. The van der Waals surface area contributed by atoms with Gasteiger partial charge in [-0.15, -0.1) is 11.6 Å². The zero-order chi connectivity index (χ0) is 18.5. The minimum Gasteiger partial charge on any atom is -0.378 e. The summed E-state index contributed by atoms with van der Waals surface area (Å²) < 4.78 is 5.42. The first-order valence-corrected chi connectivity index (χ1v) is 10.7. The predicted molar refractivity (Wildman–Crippen MR) is 105 cm³/mol. The van der Waals surface area contributed by atoms with Crippen LogP contribution in [0.2, 0.25) is 0 Å². The summed E-state index contributed by atoms with van der Waals surface area (Å²) in [7, 11) is 0. The van der Waals surface area contributed by atoms with Crippen molar-refractivity contribution in [2.24, 2.45) is 17.3 Å². The van der Waals surface area contributed by atoms with Gasteiger partial charge in [-0.2, -0.15) is 0 Å². The van der Waals surface area contributed by atoms with E-state index in [1.165, 1.54) is 6.42 Å². The van der Waals surface area contributed by atoms with Gasteiger partial charge in [0.1, 0.15) is 5.82 Å². The van der Waals surface area contributed by atoms with Crippen molar-refractivity contribution in [2.45, 2.75) is 49.9 Å². The lowest BCUT2D eigenvalue weighted by Gasteiger charge is -2.59. The average molecular weight is 390 g/mol. The van der Waals surface area contributed by atoms with Crippen LogP contribution in [0.15, 0.2) is 18.3 Å². The number of anilines is 1. The van der Waals surface area contributed by atoms with Crippen LogP contribution in [-0.2, 0) is 16.1 Å². The molecule has 4 saturated carbocycles. The molecule has 5 fully saturated rings. The van der Waals surface area contributed by atoms with Gasteiger partial charge in [0.15, 0.2) is 0 Å². The van der Waals surface area contributed by atoms with Crippen molar-refractivity contribution < 1.29 is 9.53 Å². The summed E-state index contributed by atoms with van der Waals surface area (Å²) in [4.78, 5) is 19.8. The molecule has 1 saturated heterocycles. The molecule has 0 radical (unpaired) electrons. The largest absolute Gasteiger partial charge is 0.378 e. The first-order valence-electron chi connectivity index (χ1n) is 10.3. The molecule has 1 N–H and O–H groups in total. The highest BCUT2D eigenvalue weighted by Gasteiger charge is 2.59. The summed E-state index contributed by atoms with van der Waals surface area (Å²) in [5.74, 6) is 2.47. The van der Waals surface area contributed by atoms with Crippen LogP contribution in [0.1, 0.15) is 44.1 Å². The van der Waals surface area contributed by atoms with E-state index in [9.17, 15) is 4.79 Å². The number of pyridine rings is 1. The molecular formula is C21H28ClN3O2. The van der Waals surface area contributed by atoms with Gasteiger partial charge in [-0.05, 0) is 68.1 Å². The Morgan fingerprint density at radius 2 is 2.00 bits per heavy atom. The number of ether oxygens (including phenoxy) is 1. The zero-order valence-corrected chi connectivity index (χ0v) is 16.5. The van der Waals surface area contributed by atoms with E-state index in [2.05, 4.69) is 21.3 Å². The van der Waals surface area contributed by atoms with Crippen LogP contribution in [0, 0.1) is 17.3 Å². The molecular weight excluding hydrogens is 362 g/mol. The maximum Gasteiger partial charge on any atom is 0.226 e. The second kappa shape index (κ2) is 6.63. The van der Waals surface area contributed by atoms with Gasteiger partial charge in [-0.1, -0.05) is 0 Å². The number of morpholine rings is 1. The fraction of sp³-hybridized carbons (Fsp3) is 0.714. The van der Waals surface area contributed by atoms with Gasteiger partial charge in [-0.3, -0.25) is 4.79 Å². The topological polar surface area (TPSA) is 54.5 Å². The highest BCUT2D eigenvalue weighted by Crippen LogP contribution is 2.63. The SMILES string of the molecule is O=C(NCc1ccnc(N2CCOCC2)c1)C12CC3CC(CC(Cl)(C3)C1)C2. The Morgan fingerprint density at radius 1 is 1.26 bits per heavy atom. The van der Waals surface area contributed by atoms with Crippen LogP contribution in [0.4, 0.5) is 5.82 Å². The molecule has 4 aliphatic carbocycles. The molecule has 0 spiro atoms. The first kappa shape index (κ1) is 17.7. The normalized spacial score (nSPS) is 37.4. The lowest BCUT2D eigenvalue weighted by Crippen LogP contribution is -2.58. The quantitative estimate of drug-likeness (QED) is 0.804. The third-order valence-electron chi connectivity index (χ3n) is 7.07. The van der Waals surface area contributed by atoms with E-state index in [1.807, 2.05) is 12.3 Å². The molecule has 4 bridgehead atoms. The number of aromatic nitrogens is 1. The number of alkyl halides is 1. The molecule has 2 unspecified atom stereocenters. The maximum atomic E-state index is 13.2. The van der Waals surface area contributed by atoms with Crippen molar-refractivity contribution in [3.63, 3.8) is 0 Å². The molecule has 5 nitrogen and oxygen atoms in total. The maximum absolute atomic E-state index is 13.2. The van der Waals surface area contributed by atoms with Gasteiger partial charge in [-0.25, -0.2) is 4.98 Å². The van der Waals surface area contributed by atoms with Crippen LogP contribution < -0.4 is 10.2 Å². The molecule has 6 rings (SSSR count). The molecule has 27 heavy (non-hydrogen) atoms. The fourth-order valence-electron chi connectivity index (χ4n) is 6.32. The Morgan fingerprint density at radius 3 is 2.70 bits per heavy atom. The van der Waals surface area contributed by atoms with E-state index in [-0.39, 0.29) is 16.2 Å². The Bertz CT molecular complexity index is 720. The molecule has 0 aromatic carbocycles. The number of rotatable bonds is 4. The number of nitrogens with one attached hydrogen (secondary N) is 1. The van der Waals surface area contributed by atoms with Crippen LogP contribution in [0.3, 0.4) is 0 Å². The smallest absolute Gasteiger partial charge is 0.226 e. The van der Waals surface area contributed by atoms with Gasteiger partial charge in [0.25, 0.3) is 0 Å². The number of halogens is 1. The molecule has 2 atom stereocenters. The molecule has 1 amide bonds. The highest BCUT2D eigenvalue weighted by atomic mass is 35.5. The van der Waals surface area contributed by atoms with Crippen molar-refractivity contribution in [1.82, 2.24) is 10.3 Å². The Kier molecular flexibility index (Phi) is 4.36. The minimum absolute atomic E-state index is 0.123. The summed E-state index contributed by atoms with van der Waals surface area (Å²) >= 11 is 6.88. The number of carbonyl (C=O) groups is 1. The first-order chi connectivity index (χ1) is 13.0. The van der Waals surface area contributed by atoms with Crippen molar-refractivity contribution in [3.05, 3.63) is 23.9 Å². The van der Waals surface area contributed by atoms with E-state index < -0.39 is 0 Å². The Labute approximate surface area is 165 Å². The summed E-state index contributed by atoms with van der Waals surface area (Å²) in [5, 5.41) is 3.23. The lowest BCUT2D eigenvalue weighted by molar-refractivity contribution is -0.144.